The van der Waals surface area contributed by atoms with E-state index >= 15 is 0 Å². The van der Waals surface area contributed by atoms with Crippen LogP contribution in [-0.4, -0.2) is 13.0 Å². The zero-order valence-corrected chi connectivity index (χ0v) is 13.1. The third-order valence-electron chi connectivity index (χ3n) is 3.75. The van der Waals surface area contributed by atoms with Gasteiger partial charge >= 0.3 is 0 Å². The summed E-state index contributed by atoms with van der Waals surface area (Å²) in [7, 11) is 1.59. The quantitative estimate of drug-likeness (QED) is 0.869. The van der Waals surface area contributed by atoms with Crippen LogP contribution in [0.5, 0.6) is 5.75 Å². The number of amides is 1. The predicted molar refractivity (Wildman–Crippen MR) is 82.8 cm³/mol. The largest absolute Gasteiger partial charge is 0.495 e. The van der Waals surface area contributed by atoms with Crippen LogP contribution in [0.25, 0.3) is 0 Å². The Balaban J connectivity index is 2.76. The van der Waals surface area contributed by atoms with Gasteiger partial charge in [0.05, 0.1) is 12.8 Å². The van der Waals surface area contributed by atoms with Crippen molar-refractivity contribution in [2.75, 3.05) is 12.4 Å². The molecule has 1 unspecified atom stereocenters. The second-order valence-electron chi connectivity index (χ2n) is 6.26. The molecule has 0 aliphatic carbocycles. The highest BCUT2D eigenvalue weighted by Crippen LogP contribution is 2.30. The van der Waals surface area contributed by atoms with E-state index in [-0.39, 0.29) is 11.3 Å². The fraction of sp³-hybridized carbons (Fsp3) is 0.562. The zero-order chi connectivity index (χ0) is 15.3. The second kappa shape index (κ2) is 6.75. The van der Waals surface area contributed by atoms with Gasteiger partial charge in [-0.2, -0.15) is 0 Å². The summed E-state index contributed by atoms with van der Waals surface area (Å²) in [5, 5.41) is 2.91. The van der Waals surface area contributed by atoms with Crippen LogP contribution in [0.4, 0.5) is 5.69 Å². The topological polar surface area (TPSA) is 64.3 Å². The van der Waals surface area contributed by atoms with E-state index < -0.39 is 0 Å². The van der Waals surface area contributed by atoms with E-state index in [0.717, 1.165) is 5.56 Å². The maximum absolute atomic E-state index is 12.1. The van der Waals surface area contributed by atoms with Crippen molar-refractivity contribution in [3.8, 4) is 5.75 Å². The van der Waals surface area contributed by atoms with Gasteiger partial charge in [-0.1, -0.05) is 33.8 Å². The standard InChI is InChI=1S/C16H26N2O2/c1-11(16(2,3)4)8-15(19)18-13-7-6-12(10-17)9-14(13)20-5/h6-7,9,11H,8,10,17H2,1-5H3,(H,18,19). The number of benzene rings is 1. The maximum atomic E-state index is 12.1. The summed E-state index contributed by atoms with van der Waals surface area (Å²) in [5.41, 5.74) is 7.38. The third-order valence-corrected chi connectivity index (χ3v) is 3.75. The Morgan fingerprint density at radius 1 is 1.40 bits per heavy atom. The molecule has 0 aromatic heterocycles. The van der Waals surface area contributed by atoms with Gasteiger partial charge in [-0.05, 0) is 29.0 Å². The molecule has 1 aromatic rings. The molecule has 0 saturated heterocycles. The molecule has 1 rings (SSSR count). The number of ether oxygens (including phenoxy) is 1. The fourth-order valence-corrected chi connectivity index (χ4v) is 1.75. The van der Waals surface area contributed by atoms with Crippen molar-refractivity contribution in [1.82, 2.24) is 0 Å². The first-order chi connectivity index (χ1) is 9.27. The summed E-state index contributed by atoms with van der Waals surface area (Å²) < 4.78 is 5.29. The van der Waals surface area contributed by atoms with Crippen LogP contribution in [0, 0.1) is 11.3 Å². The Kier molecular flexibility index (Phi) is 5.57. The summed E-state index contributed by atoms with van der Waals surface area (Å²) in [5.74, 6) is 0.952. The Bertz CT molecular complexity index is 464. The van der Waals surface area contributed by atoms with Gasteiger partial charge in [-0.3, -0.25) is 4.79 Å². The molecule has 1 atom stereocenters. The van der Waals surface area contributed by atoms with Gasteiger partial charge in [-0.15, -0.1) is 0 Å². The van der Waals surface area contributed by atoms with Crippen molar-refractivity contribution >= 4 is 11.6 Å². The highest BCUT2D eigenvalue weighted by atomic mass is 16.5. The fourth-order valence-electron chi connectivity index (χ4n) is 1.75. The summed E-state index contributed by atoms with van der Waals surface area (Å²) in [6, 6.07) is 5.58. The summed E-state index contributed by atoms with van der Waals surface area (Å²) in [6.07, 6.45) is 0.491. The lowest BCUT2D eigenvalue weighted by molar-refractivity contribution is -0.117. The number of carbonyl (C=O) groups excluding carboxylic acids is 1. The minimum atomic E-state index is 0.00576. The molecule has 1 amide bonds. The molecule has 4 nitrogen and oxygen atoms in total. The molecule has 0 radical (unpaired) electrons. The molecule has 0 aliphatic heterocycles. The van der Waals surface area contributed by atoms with Crippen LogP contribution in [0.2, 0.25) is 0 Å². The molecule has 0 bridgehead atoms. The summed E-state index contributed by atoms with van der Waals surface area (Å²) in [6.45, 7) is 8.96. The smallest absolute Gasteiger partial charge is 0.224 e. The molecule has 3 N–H and O–H groups in total. The molecule has 0 saturated carbocycles. The summed E-state index contributed by atoms with van der Waals surface area (Å²) in [4.78, 5) is 12.1. The molecule has 0 fully saturated rings. The normalized spacial score (nSPS) is 12.9. The Morgan fingerprint density at radius 2 is 2.05 bits per heavy atom. The lowest BCUT2D eigenvalue weighted by Crippen LogP contribution is -2.24. The van der Waals surface area contributed by atoms with Crippen LogP contribution in [-0.2, 0) is 11.3 Å². The lowest BCUT2D eigenvalue weighted by Gasteiger charge is -2.26. The van der Waals surface area contributed by atoms with Crippen molar-refractivity contribution in [1.29, 1.82) is 0 Å². The number of nitrogens with two attached hydrogens (primary N) is 1. The Hall–Kier alpha value is -1.55. The number of hydrogen-bond donors (Lipinski definition) is 2. The van der Waals surface area contributed by atoms with Gasteiger partial charge in [0.2, 0.25) is 5.91 Å². The van der Waals surface area contributed by atoms with Gasteiger partial charge < -0.3 is 15.8 Å². The SMILES string of the molecule is COc1cc(CN)ccc1NC(=O)CC(C)C(C)(C)C. The monoisotopic (exact) mass is 278 g/mol. The number of nitrogens with one attached hydrogen (secondary N) is 1. The highest BCUT2D eigenvalue weighted by Gasteiger charge is 2.22. The average Bonchev–Trinajstić information content (AvgIpc) is 2.37. The highest BCUT2D eigenvalue weighted by molar-refractivity contribution is 5.92. The van der Waals surface area contributed by atoms with Gasteiger partial charge in [0.15, 0.2) is 0 Å². The van der Waals surface area contributed by atoms with Gasteiger partial charge in [-0.25, -0.2) is 0 Å². The van der Waals surface area contributed by atoms with E-state index in [2.05, 4.69) is 33.0 Å². The van der Waals surface area contributed by atoms with Crippen LogP contribution in [0.1, 0.15) is 39.7 Å². The molecular formula is C16H26N2O2. The van der Waals surface area contributed by atoms with Gasteiger partial charge in [0.25, 0.3) is 0 Å². The number of hydrogen-bond acceptors (Lipinski definition) is 3. The van der Waals surface area contributed by atoms with Crippen LogP contribution in [0.3, 0.4) is 0 Å². The van der Waals surface area contributed by atoms with E-state index in [9.17, 15) is 4.79 Å². The molecule has 0 spiro atoms. The van der Waals surface area contributed by atoms with Crippen LogP contribution >= 0.6 is 0 Å². The van der Waals surface area contributed by atoms with E-state index in [1.54, 1.807) is 7.11 Å². The third kappa shape index (κ3) is 4.53. The molecule has 20 heavy (non-hydrogen) atoms. The van der Waals surface area contributed by atoms with Gasteiger partial charge in [0.1, 0.15) is 5.75 Å². The number of rotatable bonds is 5. The molecule has 112 valence electrons. The number of anilines is 1. The van der Waals surface area contributed by atoms with Crippen molar-refractivity contribution in [2.24, 2.45) is 17.1 Å². The van der Waals surface area contributed by atoms with E-state index in [1.165, 1.54) is 0 Å². The van der Waals surface area contributed by atoms with E-state index in [4.69, 9.17) is 10.5 Å². The molecule has 0 heterocycles. The molecular weight excluding hydrogens is 252 g/mol. The van der Waals surface area contributed by atoms with Gasteiger partial charge in [0, 0.05) is 13.0 Å². The van der Waals surface area contributed by atoms with Crippen molar-refractivity contribution < 1.29 is 9.53 Å². The average molecular weight is 278 g/mol. The maximum Gasteiger partial charge on any atom is 0.224 e. The van der Waals surface area contributed by atoms with Crippen molar-refractivity contribution in [3.63, 3.8) is 0 Å². The predicted octanol–water partition coefficient (Wildman–Crippen LogP) is 3.16. The van der Waals surface area contributed by atoms with Crippen molar-refractivity contribution in [3.05, 3.63) is 23.8 Å². The Labute approximate surface area is 121 Å². The number of methoxy groups -OCH3 is 1. The van der Waals surface area contributed by atoms with Crippen molar-refractivity contribution in [2.45, 2.75) is 40.7 Å². The van der Waals surface area contributed by atoms with Crippen LogP contribution < -0.4 is 15.8 Å². The first-order valence-electron chi connectivity index (χ1n) is 6.94. The molecule has 1 aromatic carbocycles. The first kappa shape index (κ1) is 16.5. The second-order valence-corrected chi connectivity index (χ2v) is 6.26. The first-order valence-corrected chi connectivity index (χ1v) is 6.94. The minimum Gasteiger partial charge on any atom is -0.495 e. The van der Waals surface area contributed by atoms with E-state index in [0.29, 0.717) is 30.3 Å². The zero-order valence-electron chi connectivity index (χ0n) is 13.1. The van der Waals surface area contributed by atoms with Crippen LogP contribution in [0.15, 0.2) is 18.2 Å². The molecule has 4 heteroatoms. The lowest BCUT2D eigenvalue weighted by atomic mass is 9.80. The number of carbonyl (C=O) groups is 1. The Morgan fingerprint density at radius 3 is 2.55 bits per heavy atom. The minimum absolute atomic E-state index is 0.00576. The molecule has 0 aliphatic rings. The van der Waals surface area contributed by atoms with E-state index in [1.807, 2.05) is 18.2 Å². The summed E-state index contributed by atoms with van der Waals surface area (Å²) >= 11 is 0.